The van der Waals surface area contributed by atoms with Crippen LogP contribution in [0.1, 0.15) is 30.9 Å². The van der Waals surface area contributed by atoms with Crippen LogP contribution < -0.4 is 21.7 Å². The number of aromatic hydroxyl groups is 1. The first-order chi connectivity index (χ1) is 20.3. The molecule has 0 aliphatic carbocycles. The Hall–Kier alpha value is -4.95. The number of para-hydroxylation sites is 1. The van der Waals surface area contributed by atoms with Gasteiger partial charge in [0.25, 0.3) is 0 Å². The molecule has 14 nitrogen and oxygen atoms in total. The van der Waals surface area contributed by atoms with Crippen LogP contribution in [0.15, 0.2) is 54.7 Å². The largest absolute Gasteiger partial charge is 0.508 e. The third kappa shape index (κ3) is 9.28. The van der Waals surface area contributed by atoms with Gasteiger partial charge in [-0.25, -0.2) is 4.79 Å². The summed E-state index contributed by atoms with van der Waals surface area (Å²) in [6.07, 6.45) is -0.558. The molecule has 14 heteroatoms. The van der Waals surface area contributed by atoms with E-state index in [-0.39, 0.29) is 31.4 Å². The number of carboxylic acids is 2. The number of carboxylic acid groups (broad SMARTS) is 2. The van der Waals surface area contributed by atoms with Crippen LogP contribution in [0.5, 0.6) is 5.75 Å². The van der Waals surface area contributed by atoms with Gasteiger partial charge in [-0.15, -0.1) is 0 Å². The minimum absolute atomic E-state index is 0.0198. The average Bonchev–Trinajstić information content (AvgIpc) is 3.37. The molecule has 0 saturated carbocycles. The van der Waals surface area contributed by atoms with Crippen molar-refractivity contribution in [3.63, 3.8) is 0 Å². The fraction of sp³-hybridized carbons (Fsp3) is 0.345. The van der Waals surface area contributed by atoms with Crippen LogP contribution in [0.3, 0.4) is 0 Å². The molecule has 10 N–H and O–H groups in total. The number of hydrogen-bond donors (Lipinski definition) is 9. The van der Waals surface area contributed by atoms with Crippen LogP contribution >= 0.6 is 0 Å². The van der Waals surface area contributed by atoms with Gasteiger partial charge < -0.3 is 47.1 Å². The molecule has 2 aromatic carbocycles. The summed E-state index contributed by atoms with van der Waals surface area (Å²) in [5.74, 6) is -5.17. The summed E-state index contributed by atoms with van der Waals surface area (Å²) in [4.78, 5) is 65.3. The number of aliphatic hydroxyl groups is 1. The highest BCUT2D eigenvalue weighted by molar-refractivity contribution is 5.95. The average molecular weight is 598 g/mol. The van der Waals surface area contributed by atoms with E-state index in [0.717, 1.165) is 10.9 Å². The number of benzene rings is 2. The van der Waals surface area contributed by atoms with Gasteiger partial charge in [0.05, 0.1) is 12.1 Å². The number of nitrogens with one attached hydrogen (secondary N) is 4. The summed E-state index contributed by atoms with van der Waals surface area (Å²) in [5, 5.41) is 46.4. The lowest BCUT2D eigenvalue weighted by atomic mass is 10.0. The van der Waals surface area contributed by atoms with Crippen LogP contribution in [0.25, 0.3) is 10.9 Å². The number of aromatic nitrogens is 1. The Morgan fingerprint density at radius 2 is 1.51 bits per heavy atom. The zero-order valence-electron chi connectivity index (χ0n) is 23.3. The van der Waals surface area contributed by atoms with Crippen molar-refractivity contribution in [1.29, 1.82) is 0 Å². The Balaban J connectivity index is 1.79. The normalized spacial score (nSPS) is 14.6. The first-order valence-corrected chi connectivity index (χ1v) is 13.5. The summed E-state index contributed by atoms with van der Waals surface area (Å²) < 4.78 is 0. The lowest BCUT2D eigenvalue weighted by Crippen LogP contribution is -2.60. The first kappa shape index (κ1) is 32.6. The maximum Gasteiger partial charge on any atom is 0.326 e. The van der Waals surface area contributed by atoms with E-state index >= 15 is 0 Å². The van der Waals surface area contributed by atoms with Crippen molar-refractivity contribution in [2.24, 2.45) is 5.73 Å². The van der Waals surface area contributed by atoms with E-state index in [2.05, 4.69) is 20.9 Å². The number of fused-ring (bicyclic) bond motifs is 1. The molecule has 1 aromatic heterocycles. The van der Waals surface area contributed by atoms with Gasteiger partial charge in [-0.2, -0.15) is 0 Å². The zero-order valence-corrected chi connectivity index (χ0v) is 23.3. The summed E-state index contributed by atoms with van der Waals surface area (Å²) in [6.45, 7) is 1.23. The molecule has 5 atom stereocenters. The van der Waals surface area contributed by atoms with E-state index in [1.807, 2.05) is 18.2 Å². The fourth-order valence-corrected chi connectivity index (χ4v) is 4.41. The molecule has 3 rings (SSSR count). The second-order valence-electron chi connectivity index (χ2n) is 10.2. The van der Waals surface area contributed by atoms with E-state index in [9.17, 15) is 39.3 Å². The summed E-state index contributed by atoms with van der Waals surface area (Å²) in [6, 6.07) is 7.38. The molecule has 0 aliphatic rings. The van der Waals surface area contributed by atoms with Crippen LogP contribution in [0.4, 0.5) is 0 Å². The minimum atomic E-state index is -1.60. The van der Waals surface area contributed by atoms with Gasteiger partial charge in [-0.05, 0) is 42.7 Å². The van der Waals surface area contributed by atoms with Gasteiger partial charge in [0.2, 0.25) is 17.7 Å². The molecule has 0 saturated heterocycles. The van der Waals surface area contributed by atoms with Crippen molar-refractivity contribution >= 4 is 40.6 Å². The number of carbonyl (C=O) groups is 5. The number of carbonyl (C=O) groups excluding carboxylic acids is 3. The Kier molecular flexibility index (Phi) is 11.2. The van der Waals surface area contributed by atoms with Crippen LogP contribution in [0, 0.1) is 0 Å². The number of rotatable bonds is 15. The van der Waals surface area contributed by atoms with Gasteiger partial charge in [-0.1, -0.05) is 30.3 Å². The fourth-order valence-electron chi connectivity index (χ4n) is 4.41. The van der Waals surface area contributed by atoms with Crippen molar-refractivity contribution in [2.75, 3.05) is 0 Å². The second-order valence-corrected chi connectivity index (χ2v) is 10.2. The van der Waals surface area contributed by atoms with Crippen molar-refractivity contribution < 1.29 is 44.4 Å². The maximum absolute atomic E-state index is 13.5. The lowest BCUT2D eigenvalue weighted by molar-refractivity contribution is -0.143. The molecule has 3 amide bonds. The second kappa shape index (κ2) is 14.8. The van der Waals surface area contributed by atoms with Gasteiger partial charge in [0, 0.05) is 36.4 Å². The highest BCUT2D eigenvalue weighted by atomic mass is 16.4. The number of phenolic OH excluding ortho intramolecular Hbond substituents is 1. The van der Waals surface area contributed by atoms with Gasteiger partial charge in [-0.3, -0.25) is 19.2 Å². The third-order valence-electron chi connectivity index (χ3n) is 6.79. The molecule has 0 radical (unpaired) electrons. The molecule has 230 valence electrons. The zero-order chi connectivity index (χ0) is 31.7. The smallest absolute Gasteiger partial charge is 0.326 e. The maximum atomic E-state index is 13.5. The lowest BCUT2D eigenvalue weighted by Gasteiger charge is -2.26. The quantitative estimate of drug-likeness (QED) is 0.111. The number of aliphatic hydroxyl groups excluding tert-OH is 1. The van der Waals surface area contributed by atoms with Gasteiger partial charge >= 0.3 is 11.9 Å². The predicted molar refractivity (Wildman–Crippen MR) is 154 cm³/mol. The number of hydrogen-bond acceptors (Lipinski definition) is 8. The summed E-state index contributed by atoms with van der Waals surface area (Å²) >= 11 is 0. The molecule has 0 aliphatic heterocycles. The highest BCUT2D eigenvalue weighted by Gasteiger charge is 2.33. The Bertz CT molecular complexity index is 1450. The van der Waals surface area contributed by atoms with Crippen molar-refractivity contribution in [1.82, 2.24) is 20.9 Å². The summed E-state index contributed by atoms with van der Waals surface area (Å²) in [7, 11) is 0. The number of nitrogens with two attached hydrogens (primary N) is 1. The summed E-state index contributed by atoms with van der Waals surface area (Å²) in [5.41, 5.74) is 7.77. The van der Waals surface area contributed by atoms with Gasteiger partial charge in [0.1, 0.15) is 23.9 Å². The minimum Gasteiger partial charge on any atom is -0.508 e. The van der Waals surface area contributed by atoms with E-state index in [4.69, 9.17) is 10.8 Å². The monoisotopic (exact) mass is 597 g/mol. The number of aromatic amines is 1. The topological polar surface area (TPSA) is 244 Å². The van der Waals surface area contributed by atoms with Gasteiger partial charge in [0.15, 0.2) is 0 Å². The van der Waals surface area contributed by atoms with Crippen molar-refractivity contribution in [3.8, 4) is 5.75 Å². The van der Waals surface area contributed by atoms with Crippen LogP contribution in [-0.2, 0) is 36.8 Å². The molecule has 1 heterocycles. The molecular weight excluding hydrogens is 562 g/mol. The highest BCUT2D eigenvalue weighted by Crippen LogP contribution is 2.19. The number of amides is 3. The van der Waals surface area contributed by atoms with Crippen LogP contribution in [-0.4, -0.2) is 85.3 Å². The number of phenols is 1. The first-order valence-electron chi connectivity index (χ1n) is 13.5. The molecular formula is C29H35N5O9. The van der Waals surface area contributed by atoms with E-state index in [0.29, 0.717) is 11.1 Å². The SMILES string of the molecule is CC(O)C(NC(=O)C(Cc1c[nH]c2ccccc12)NC(=O)C(N)CCC(=O)O)C(=O)NC(Cc1ccc(O)cc1)C(=O)O. The molecule has 3 aromatic rings. The van der Waals surface area contributed by atoms with E-state index < -0.39 is 59.9 Å². The molecule has 0 bridgehead atoms. The Morgan fingerprint density at radius 3 is 2.14 bits per heavy atom. The molecule has 43 heavy (non-hydrogen) atoms. The predicted octanol–water partition coefficient (Wildman–Crippen LogP) is -0.229. The third-order valence-corrected chi connectivity index (χ3v) is 6.79. The molecule has 0 fully saturated rings. The van der Waals surface area contributed by atoms with Crippen molar-refractivity contribution in [3.05, 3.63) is 65.9 Å². The van der Waals surface area contributed by atoms with E-state index in [1.54, 1.807) is 12.3 Å². The van der Waals surface area contributed by atoms with E-state index in [1.165, 1.54) is 31.2 Å². The Labute approximate surface area is 246 Å². The number of aliphatic carboxylic acids is 2. The van der Waals surface area contributed by atoms with Crippen molar-refractivity contribution in [2.45, 2.75) is 62.9 Å². The molecule has 0 spiro atoms. The standard InChI is InChI=1S/C29H35N5O9/c1-15(35)25(28(41)33-23(29(42)43)12-16-6-8-18(36)9-7-16)34-27(40)22(32-26(39)20(30)10-11-24(37)38)13-17-14-31-21-5-3-2-4-19(17)21/h2-9,14-15,20,22-23,25,31,35-36H,10-13,30H2,1H3,(H,32,39)(H,33,41)(H,34,40)(H,37,38)(H,42,43). The number of H-pyrrole nitrogens is 1. The molecule has 5 unspecified atom stereocenters. The Morgan fingerprint density at radius 1 is 0.860 bits per heavy atom. The van der Waals surface area contributed by atoms with Crippen LogP contribution in [0.2, 0.25) is 0 Å².